The minimum absolute atomic E-state index is 0.0756. The van der Waals surface area contributed by atoms with Crippen molar-refractivity contribution in [3.05, 3.63) is 65.5 Å². The first-order chi connectivity index (χ1) is 15.0. The van der Waals surface area contributed by atoms with Crippen LogP contribution in [0.1, 0.15) is 59.2 Å². The molecule has 31 heavy (non-hydrogen) atoms. The highest BCUT2D eigenvalue weighted by Crippen LogP contribution is 2.24. The van der Waals surface area contributed by atoms with Crippen LogP contribution in [0.2, 0.25) is 0 Å². The van der Waals surface area contributed by atoms with Crippen molar-refractivity contribution in [2.45, 2.75) is 50.6 Å². The van der Waals surface area contributed by atoms with E-state index in [4.69, 9.17) is 0 Å². The molecule has 1 heterocycles. The minimum Gasteiger partial charge on any atom is -0.352 e. The Hall–Kier alpha value is -3.22. The average Bonchev–Trinajstić information content (AvgIpc) is 3.45. The number of amides is 3. The van der Waals surface area contributed by atoms with E-state index in [1.807, 2.05) is 0 Å². The molecule has 1 saturated heterocycles. The second kappa shape index (κ2) is 9.29. The first-order valence-corrected chi connectivity index (χ1v) is 10.8. The van der Waals surface area contributed by atoms with E-state index < -0.39 is 17.8 Å². The number of hydrogen-bond donors (Lipinski definition) is 2. The average molecular weight is 423 g/mol. The molecule has 0 radical (unpaired) electrons. The van der Waals surface area contributed by atoms with Gasteiger partial charge in [-0.2, -0.15) is 0 Å². The van der Waals surface area contributed by atoms with Crippen LogP contribution in [0.15, 0.2) is 48.5 Å². The Morgan fingerprint density at radius 1 is 0.903 bits per heavy atom. The summed E-state index contributed by atoms with van der Waals surface area (Å²) in [5.41, 5.74) is 1.03. The number of rotatable bonds is 5. The number of carbonyl (C=O) groups is 3. The van der Waals surface area contributed by atoms with Crippen molar-refractivity contribution in [3.8, 4) is 0 Å². The maximum absolute atomic E-state index is 13.4. The summed E-state index contributed by atoms with van der Waals surface area (Å²) < 4.78 is 13.4. The second-order valence-electron chi connectivity index (χ2n) is 8.19. The van der Waals surface area contributed by atoms with Gasteiger partial charge in [0.15, 0.2) is 0 Å². The van der Waals surface area contributed by atoms with Crippen molar-refractivity contribution < 1.29 is 18.8 Å². The Bertz CT molecular complexity index is 988. The van der Waals surface area contributed by atoms with Gasteiger partial charge in [0, 0.05) is 29.4 Å². The fourth-order valence-corrected chi connectivity index (χ4v) is 4.38. The van der Waals surface area contributed by atoms with E-state index in [0.29, 0.717) is 24.2 Å². The molecule has 0 spiro atoms. The summed E-state index contributed by atoms with van der Waals surface area (Å²) in [6.45, 7) is 0.529. The fourth-order valence-electron chi connectivity index (χ4n) is 4.38. The summed E-state index contributed by atoms with van der Waals surface area (Å²) in [7, 11) is 0. The zero-order chi connectivity index (χ0) is 21.8. The third-order valence-corrected chi connectivity index (χ3v) is 5.97. The first kappa shape index (κ1) is 21.0. The van der Waals surface area contributed by atoms with E-state index in [1.54, 1.807) is 29.2 Å². The summed E-state index contributed by atoms with van der Waals surface area (Å²) in [5, 5.41) is 5.79. The number of nitrogens with zero attached hydrogens (tertiary/aromatic N) is 1. The zero-order valence-corrected chi connectivity index (χ0v) is 17.3. The Morgan fingerprint density at radius 3 is 2.42 bits per heavy atom. The Morgan fingerprint density at radius 2 is 1.65 bits per heavy atom. The van der Waals surface area contributed by atoms with Crippen molar-refractivity contribution in [3.63, 3.8) is 0 Å². The number of nitrogens with one attached hydrogen (secondary N) is 2. The van der Waals surface area contributed by atoms with Crippen molar-refractivity contribution in [1.29, 1.82) is 0 Å². The van der Waals surface area contributed by atoms with E-state index >= 15 is 0 Å². The highest BCUT2D eigenvalue weighted by Gasteiger charge is 2.35. The van der Waals surface area contributed by atoms with Gasteiger partial charge in [-0.05, 0) is 62.1 Å². The largest absolute Gasteiger partial charge is 0.352 e. The molecule has 2 aliphatic rings. The van der Waals surface area contributed by atoms with E-state index in [2.05, 4.69) is 10.6 Å². The van der Waals surface area contributed by atoms with Gasteiger partial charge in [0.1, 0.15) is 11.9 Å². The number of benzene rings is 2. The van der Waals surface area contributed by atoms with E-state index in [-0.39, 0.29) is 23.4 Å². The lowest BCUT2D eigenvalue weighted by Gasteiger charge is -2.25. The summed E-state index contributed by atoms with van der Waals surface area (Å²) in [6.07, 6.45) is 5.70. The van der Waals surface area contributed by atoms with Crippen molar-refractivity contribution in [2.75, 3.05) is 11.9 Å². The van der Waals surface area contributed by atoms with Crippen LogP contribution in [-0.2, 0) is 4.79 Å². The van der Waals surface area contributed by atoms with Crippen LogP contribution < -0.4 is 10.6 Å². The third kappa shape index (κ3) is 4.93. The number of carbonyl (C=O) groups excluding carboxylic acids is 3. The Balaban J connectivity index is 1.44. The van der Waals surface area contributed by atoms with Crippen LogP contribution in [0.3, 0.4) is 0 Å². The number of likely N-dealkylation sites (tertiary alicyclic amines) is 1. The highest BCUT2D eigenvalue weighted by molar-refractivity contribution is 6.05. The molecule has 0 bridgehead atoms. The van der Waals surface area contributed by atoms with Gasteiger partial charge in [0.25, 0.3) is 11.8 Å². The molecule has 6 nitrogen and oxygen atoms in total. The SMILES string of the molecule is O=C(Nc1cccc(C(=O)N2CCC[C@@H]2C(=O)NC2CCCC2)c1)c1cccc(F)c1. The first-order valence-electron chi connectivity index (χ1n) is 10.8. The van der Waals surface area contributed by atoms with E-state index in [0.717, 1.165) is 38.2 Å². The molecule has 1 saturated carbocycles. The van der Waals surface area contributed by atoms with Crippen molar-refractivity contribution >= 4 is 23.4 Å². The molecule has 0 unspecified atom stereocenters. The monoisotopic (exact) mass is 423 g/mol. The molecule has 162 valence electrons. The standard InChI is InChI=1S/C24H26FN3O3/c25-18-8-3-6-16(14-18)22(29)27-20-11-4-7-17(15-20)24(31)28-13-5-12-21(28)23(30)26-19-9-1-2-10-19/h3-4,6-8,11,14-15,19,21H,1-2,5,9-10,12-13H2,(H,26,30)(H,27,29)/t21-/m1/s1. The van der Waals surface area contributed by atoms with Crippen molar-refractivity contribution in [1.82, 2.24) is 10.2 Å². The summed E-state index contributed by atoms with van der Waals surface area (Å²) >= 11 is 0. The van der Waals surface area contributed by atoms with Gasteiger partial charge in [-0.1, -0.05) is 25.0 Å². The predicted octanol–water partition coefficient (Wildman–Crippen LogP) is 3.74. The molecule has 2 fully saturated rings. The molecule has 1 aliphatic heterocycles. The van der Waals surface area contributed by atoms with Crippen LogP contribution >= 0.6 is 0 Å². The van der Waals surface area contributed by atoms with Crippen LogP contribution in [0.25, 0.3) is 0 Å². The molecule has 2 N–H and O–H groups in total. The molecule has 4 rings (SSSR count). The second-order valence-corrected chi connectivity index (χ2v) is 8.19. The quantitative estimate of drug-likeness (QED) is 0.769. The smallest absolute Gasteiger partial charge is 0.255 e. The summed E-state index contributed by atoms with van der Waals surface area (Å²) in [5.74, 6) is -1.26. The number of anilines is 1. The third-order valence-electron chi connectivity index (χ3n) is 5.97. The highest BCUT2D eigenvalue weighted by atomic mass is 19.1. The summed E-state index contributed by atoms with van der Waals surface area (Å²) in [4.78, 5) is 39.9. The van der Waals surface area contributed by atoms with Crippen molar-refractivity contribution in [2.24, 2.45) is 0 Å². The summed E-state index contributed by atoms with van der Waals surface area (Å²) in [6, 6.07) is 11.8. The fraction of sp³-hybridized carbons (Fsp3) is 0.375. The van der Waals surface area contributed by atoms with E-state index in [9.17, 15) is 18.8 Å². The molecular weight excluding hydrogens is 397 g/mol. The van der Waals surface area contributed by atoms with Gasteiger partial charge in [-0.25, -0.2) is 4.39 Å². The van der Waals surface area contributed by atoms with Gasteiger partial charge in [0.2, 0.25) is 5.91 Å². The number of hydrogen-bond acceptors (Lipinski definition) is 3. The molecule has 2 aromatic carbocycles. The van der Waals surface area contributed by atoms with Gasteiger partial charge in [0.05, 0.1) is 0 Å². The Kier molecular flexibility index (Phi) is 6.30. The van der Waals surface area contributed by atoms with Gasteiger partial charge in [-0.15, -0.1) is 0 Å². The molecule has 1 atom stereocenters. The normalized spacial score (nSPS) is 18.7. The molecule has 1 aliphatic carbocycles. The lowest BCUT2D eigenvalue weighted by molar-refractivity contribution is -0.125. The van der Waals surface area contributed by atoms with Crippen LogP contribution in [-0.4, -0.2) is 41.2 Å². The van der Waals surface area contributed by atoms with Gasteiger partial charge >= 0.3 is 0 Å². The van der Waals surface area contributed by atoms with E-state index in [1.165, 1.54) is 18.2 Å². The molecule has 7 heteroatoms. The van der Waals surface area contributed by atoms with Gasteiger partial charge in [-0.3, -0.25) is 14.4 Å². The van der Waals surface area contributed by atoms with Crippen LogP contribution in [0.4, 0.5) is 10.1 Å². The lowest BCUT2D eigenvalue weighted by atomic mass is 10.1. The predicted molar refractivity (Wildman–Crippen MR) is 115 cm³/mol. The minimum atomic E-state index is -0.493. The van der Waals surface area contributed by atoms with Crippen LogP contribution in [0.5, 0.6) is 0 Å². The molecule has 0 aromatic heterocycles. The molecule has 3 amide bonds. The molecule has 2 aromatic rings. The maximum Gasteiger partial charge on any atom is 0.255 e. The maximum atomic E-state index is 13.4. The lowest BCUT2D eigenvalue weighted by Crippen LogP contribution is -2.48. The van der Waals surface area contributed by atoms with Gasteiger partial charge < -0.3 is 15.5 Å². The van der Waals surface area contributed by atoms with Crippen LogP contribution in [0, 0.1) is 5.82 Å². The Labute approximate surface area is 180 Å². The number of halogens is 1. The zero-order valence-electron chi connectivity index (χ0n) is 17.3. The topological polar surface area (TPSA) is 78.5 Å². The molecular formula is C24H26FN3O3.